The minimum absolute atomic E-state index is 0.0461. The minimum atomic E-state index is -0.507. The predicted octanol–water partition coefficient (Wildman–Crippen LogP) is 2.12. The number of carbonyl (C=O) groups excluding carboxylic acids is 3. The summed E-state index contributed by atoms with van der Waals surface area (Å²) in [7, 11) is 1.77. The highest BCUT2D eigenvalue weighted by Crippen LogP contribution is 2.32. The summed E-state index contributed by atoms with van der Waals surface area (Å²) in [6.45, 7) is 0.863. The Morgan fingerprint density at radius 3 is 2.56 bits per heavy atom. The first-order valence-electron chi connectivity index (χ1n) is 11.4. The number of carbonyl (C=O) groups is 3. The van der Waals surface area contributed by atoms with E-state index in [9.17, 15) is 14.4 Å². The average molecular weight is 460 g/mol. The molecule has 1 aliphatic carbocycles. The van der Waals surface area contributed by atoms with Crippen molar-refractivity contribution in [3.63, 3.8) is 0 Å². The van der Waals surface area contributed by atoms with Gasteiger partial charge in [0, 0.05) is 19.6 Å². The third kappa shape index (κ3) is 4.59. The summed E-state index contributed by atoms with van der Waals surface area (Å²) < 4.78 is 0. The second-order valence-electron chi connectivity index (χ2n) is 8.81. The van der Waals surface area contributed by atoms with E-state index in [-0.39, 0.29) is 30.4 Å². The second-order valence-corrected chi connectivity index (χ2v) is 9.80. The van der Waals surface area contributed by atoms with E-state index in [2.05, 4.69) is 5.32 Å². The minimum Gasteiger partial charge on any atom is -0.334 e. The molecule has 0 aromatic heterocycles. The van der Waals surface area contributed by atoms with Crippen molar-refractivity contribution in [3.8, 4) is 0 Å². The number of piperazine rings is 1. The normalized spacial score (nSPS) is 24.8. The zero-order valence-electron chi connectivity index (χ0n) is 18.9. The fraction of sp³-hybridized carbons (Fsp3) is 0.609. The molecule has 0 spiro atoms. The molecule has 2 saturated heterocycles. The Morgan fingerprint density at radius 1 is 1.16 bits per heavy atom. The van der Waals surface area contributed by atoms with Crippen molar-refractivity contribution in [2.75, 3.05) is 32.1 Å². The number of nitrogens with zero attached hydrogens (tertiary/aromatic N) is 4. The highest BCUT2D eigenvalue weighted by atomic mass is 32.2. The zero-order chi connectivity index (χ0) is 22.7. The molecule has 2 atom stereocenters. The van der Waals surface area contributed by atoms with E-state index < -0.39 is 12.2 Å². The molecule has 174 valence electrons. The number of fused-ring (bicyclic) bond motifs is 1. The number of thioether (sulfide) groups is 1. The van der Waals surface area contributed by atoms with Crippen molar-refractivity contribution >= 4 is 29.6 Å². The van der Waals surface area contributed by atoms with Gasteiger partial charge in [-0.1, -0.05) is 43.2 Å². The molecule has 4 rings (SSSR count). The van der Waals surface area contributed by atoms with E-state index >= 15 is 0 Å². The molecule has 1 aromatic carbocycles. The maximum atomic E-state index is 13.5. The van der Waals surface area contributed by atoms with Gasteiger partial charge >= 0.3 is 6.03 Å². The summed E-state index contributed by atoms with van der Waals surface area (Å²) >= 11 is 1.67. The first-order valence-corrected chi connectivity index (χ1v) is 12.8. The van der Waals surface area contributed by atoms with Gasteiger partial charge in [-0.2, -0.15) is 11.8 Å². The zero-order valence-corrected chi connectivity index (χ0v) is 19.7. The number of hydrogen-bond acceptors (Lipinski definition) is 5. The molecular formula is C23H33N5O3S. The van der Waals surface area contributed by atoms with Crippen LogP contribution in [0.1, 0.15) is 37.7 Å². The molecule has 2 heterocycles. The Kier molecular flexibility index (Phi) is 7.25. The van der Waals surface area contributed by atoms with E-state index in [0.29, 0.717) is 19.5 Å². The quantitative estimate of drug-likeness (QED) is 0.705. The van der Waals surface area contributed by atoms with Crippen LogP contribution >= 0.6 is 11.8 Å². The van der Waals surface area contributed by atoms with Crippen LogP contribution in [-0.2, 0) is 16.1 Å². The SMILES string of the molecule is CSCC[C@H]1C(=O)N(C2CCCC2)C[C@H]2N1C(=O)CN(C)N2C(=O)NCc1ccccc1. The average Bonchev–Trinajstić information content (AvgIpc) is 3.32. The Hall–Kier alpha value is -2.26. The fourth-order valence-corrected chi connectivity index (χ4v) is 5.63. The Bertz CT molecular complexity index is 832. The molecule has 0 unspecified atom stereocenters. The molecule has 9 heteroatoms. The third-order valence-electron chi connectivity index (χ3n) is 6.74. The number of urea groups is 1. The molecule has 32 heavy (non-hydrogen) atoms. The van der Waals surface area contributed by atoms with Gasteiger partial charge in [0.15, 0.2) is 0 Å². The molecule has 3 aliphatic rings. The van der Waals surface area contributed by atoms with E-state index in [1.807, 2.05) is 41.5 Å². The van der Waals surface area contributed by atoms with Crippen LogP contribution in [0.25, 0.3) is 0 Å². The van der Waals surface area contributed by atoms with Crippen molar-refractivity contribution in [2.45, 2.75) is 56.9 Å². The summed E-state index contributed by atoms with van der Waals surface area (Å²) in [5, 5.41) is 6.34. The predicted molar refractivity (Wildman–Crippen MR) is 125 cm³/mol. The van der Waals surface area contributed by atoms with Crippen LogP contribution in [0.4, 0.5) is 4.79 Å². The van der Waals surface area contributed by atoms with Crippen molar-refractivity contribution in [1.82, 2.24) is 25.1 Å². The number of benzene rings is 1. The summed E-state index contributed by atoms with van der Waals surface area (Å²) in [6.07, 6.45) is 6.37. The standard InChI is InChI=1S/C23H33N5O3S/c1-25-16-21(29)27-19(12-13-32-2)22(30)26(18-10-6-7-11-18)15-20(27)28(25)23(31)24-14-17-8-4-3-5-9-17/h3-5,8-9,18-20H,6-7,10-16H2,1-2H3,(H,24,31)/t19-,20-/m0/s1. The molecule has 2 aliphatic heterocycles. The molecule has 0 bridgehead atoms. The summed E-state index contributed by atoms with van der Waals surface area (Å²) in [6, 6.07) is 9.22. The molecular weight excluding hydrogens is 426 g/mol. The molecule has 3 fully saturated rings. The molecule has 0 radical (unpaired) electrons. The topological polar surface area (TPSA) is 76.2 Å². The number of amides is 4. The summed E-state index contributed by atoms with van der Waals surface area (Å²) in [5.74, 6) is 0.751. The number of rotatable bonds is 6. The number of hydrogen-bond donors (Lipinski definition) is 1. The lowest BCUT2D eigenvalue weighted by Crippen LogP contribution is -2.76. The first kappa shape index (κ1) is 22.9. The number of nitrogens with one attached hydrogen (secondary N) is 1. The highest BCUT2D eigenvalue weighted by molar-refractivity contribution is 7.98. The smallest absolute Gasteiger partial charge is 0.334 e. The second kappa shape index (κ2) is 10.1. The first-order chi connectivity index (χ1) is 15.5. The third-order valence-corrected chi connectivity index (χ3v) is 7.39. The molecule has 1 saturated carbocycles. The molecule has 4 amide bonds. The van der Waals surface area contributed by atoms with Crippen molar-refractivity contribution < 1.29 is 14.4 Å². The van der Waals surface area contributed by atoms with Gasteiger partial charge in [0.05, 0.1) is 13.1 Å². The monoisotopic (exact) mass is 459 g/mol. The van der Waals surface area contributed by atoms with Crippen LogP contribution in [-0.4, -0.2) is 88.1 Å². The van der Waals surface area contributed by atoms with Gasteiger partial charge in [0.1, 0.15) is 12.2 Å². The van der Waals surface area contributed by atoms with Gasteiger partial charge < -0.3 is 15.1 Å². The van der Waals surface area contributed by atoms with E-state index in [1.165, 1.54) is 0 Å². The van der Waals surface area contributed by atoms with Crippen molar-refractivity contribution in [2.24, 2.45) is 0 Å². The van der Waals surface area contributed by atoms with E-state index in [1.54, 1.807) is 33.7 Å². The van der Waals surface area contributed by atoms with Crippen LogP contribution in [0, 0.1) is 0 Å². The summed E-state index contributed by atoms with van der Waals surface area (Å²) in [5.41, 5.74) is 1.01. The fourth-order valence-electron chi connectivity index (χ4n) is 5.17. The van der Waals surface area contributed by atoms with Crippen LogP contribution in [0.3, 0.4) is 0 Å². The van der Waals surface area contributed by atoms with Gasteiger partial charge in [-0.25, -0.2) is 14.8 Å². The largest absolute Gasteiger partial charge is 0.334 e. The molecule has 8 nitrogen and oxygen atoms in total. The lowest BCUT2D eigenvalue weighted by atomic mass is 10.0. The number of hydrazine groups is 1. The van der Waals surface area contributed by atoms with Crippen LogP contribution in [0.15, 0.2) is 30.3 Å². The van der Waals surface area contributed by atoms with Crippen molar-refractivity contribution in [3.05, 3.63) is 35.9 Å². The Labute approximate surface area is 194 Å². The molecule has 1 aromatic rings. The van der Waals surface area contributed by atoms with E-state index in [0.717, 1.165) is 37.0 Å². The van der Waals surface area contributed by atoms with Gasteiger partial charge in [0.25, 0.3) is 0 Å². The lowest BCUT2D eigenvalue weighted by molar-refractivity contribution is -0.189. The van der Waals surface area contributed by atoms with Gasteiger partial charge in [-0.05, 0) is 36.8 Å². The van der Waals surface area contributed by atoms with Crippen LogP contribution < -0.4 is 5.32 Å². The lowest BCUT2D eigenvalue weighted by Gasteiger charge is -2.55. The Morgan fingerprint density at radius 2 is 1.88 bits per heavy atom. The van der Waals surface area contributed by atoms with Gasteiger partial charge in [-0.3, -0.25) is 9.59 Å². The van der Waals surface area contributed by atoms with Crippen molar-refractivity contribution in [1.29, 1.82) is 0 Å². The van der Waals surface area contributed by atoms with Gasteiger partial charge in [-0.15, -0.1) is 0 Å². The maximum absolute atomic E-state index is 13.5. The van der Waals surface area contributed by atoms with Gasteiger partial charge in [0.2, 0.25) is 11.8 Å². The highest BCUT2D eigenvalue weighted by Gasteiger charge is 2.51. The number of likely N-dealkylation sites (N-methyl/N-ethyl adjacent to an activating group) is 1. The Balaban J connectivity index is 1.58. The van der Waals surface area contributed by atoms with Crippen LogP contribution in [0.2, 0.25) is 0 Å². The van der Waals surface area contributed by atoms with Crippen LogP contribution in [0.5, 0.6) is 0 Å². The maximum Gasteiger partial charge on any atom is 0.334 e. The molecule has 1 N–H and O–H groups in total. The summed E-state index contributed by atoms with van der Waals surface area (Å²) in [4.78, 5) is 43.5. The van der Waals surface area contributed by atoms with E-state index in [4.69, 9.17) is 0 Å².